The number of hydrogen-bond acceptors (Lipinski definition) is 5. The van der Waals surface area contributed by atoms with Crippen molar-refractivity contribution in [3.8, 4) is 5.75 Å². The summed E-state index contributed by atoms with van der Waals surface area (Å²) in [5, 5.41) is 0.867. The number of carbonyl (C=O) groups excluding carboxylic acids is 1. The molecule has 0 aromatic heterocycles. The lowest BCUT2D eigenvalue weighted by Gasteiger charge is -2.38. The van der Waals surface area contributed by atoms with Crippen LogP contribution >= 0.6 is 11.8 Å². The second-order valence-electron chi connectivity index (χ2n) is 6.36. The molecule has 1 aromatic carbocycles. The maximum atomic E-state index is 12.2. The molecule has 4 rings (SSSR count). The van der Waals surface area contributed by atoms with Gasteiger partial charge in [0.25, 0.3) is 5.91 Å². The number of amidine groups is 1. The molecule has 0 saturated carbocycles. The summed E-state index contributed by atoms with van der Waals surface area (Å²) in [5.41, 5.74) is 0.990. The van der Waals surface area contributed by atoms with Gasteiger partial charge in [-0.2, -0.15) is 4.99 Å². The normalized spacial score (nSPS) is 26.0. The Morgan fingerprint density at radius 2 is 2.08 bits per heavy atom. The van der Waals surface area contributed by atoms with E-state index in [1.807, 2.05) is 30.3 Å². The van der Waals surface area contributed by atoms with E-state index in [-0.39, 0.29) is 5.91 Å². The summed E-state index contributed by atoms with van der Waals surface area (Å²) < 4.78 is 5.16. The Kier molecular flexibility index (Phi) is 4.33. The molecule has 5 nitrogen and oxygen atoms in total. The van der Waals surface area contributed by atoms with Gasteiger partial charge in [0, 0.05) is 25.7 Å². The largest absolute Gasteiger partial charge is 0.497 e. The Hall–Kier alpha value is -1.79. The van der Waals surface area contributed by atoms with Crippen molar-refractivity contribution in [2.24, 2.45) is 4.99 Å². The van der Waals surface area contributed by atoms with Crippen molar-refractivity contribution in [1.29, 1.82) is 0 Å². The third-order valence-corrected chi connectivity index (χ3v) is 5.93. The summed E-state index contributed by atoms with van der Waals surface area (Å²) in [6.07, 6.45) is 4.46. The molecule has 1 aromatic rings. The molecule has 3 heterocycles. The minimum absolute atomic E-state index is 0.125. The van der Waals surface area contributed by atoms with Crippen LogP contribution in [0.5, 0.6) is 5.75 Å². The lowest BCUT2D eigenvalue weighted by Crippen LogP contribution is -2.51. The van der Waals surface area contributed by atoms with Crippen molar-refractivity contribution in [2.75, 3.05) is 33.3 Å². The van der Waals surface area contributed by atoms with Crippen molar-refractivity contribution < 1.29 is 9.53 Å². The maximum Gasteiger partial charge on any atom is 0.286 e. The second kappa shape index (κ2) is 6.61. The second-order valence-corrected chi connectivity index (χ2v) is 7.37. The van der Waals surface area contributed by atoms with Gasteiger partial charge in [-0.1, -0.05) is 12.1 Å². The van der Waals surface area contributed by atoms with E-state index in [9.17, 15) is 4.79 Å². The zero-order chi connectivity index (χ0) is 16.5. The van der Waals surface area contributed by atoms with Crippen molar-refractivity contribution in [3.63, 3.8) is 0 Å². The first-order valence-corrected chi connectivity index (χ1v) is 9.20. The molecule has 2 saturated heterocycles. The third kappa shape index (κ3) is 3.08. The number of carbonyl (C=O) groups is 1. The first kappa shape index (κ1) is 15.7. The van der Waals surface area contributed by atoms with Gasteiger partial charge in [-0.15, -0.1) is 0 Å². The van der Waals surface area contributed by atoms with E-state index in [2.05, 4.69) is 14.8 Å². The Labute approximate surface area is 146 Å². The van der Waals surface area contributed by atoms with Crippen LogP contribution in [0.1, 0.15) is 18.4 Å². The van der Waals surface area contributed by atoms with Gasteiger partial charge in [0.1, 0.15) is 5.75 Å². The average Bonchev–Trinajstić information content (AvgIpc) is 3.22. The minimum Gasteiger partial charge on any atom is -0.497 e. The third-order valence-electron chi connectivity index (χ3n) is 4.88. The summed E-state index contributed by atoms with van der Waals surface area (Å²) in [7, 11) is 1.65. The summed E-state index contributed by atoms with van der Waals surface area (Å²) in [6.45, 7) is 4.26. The predicted molar refractivity (Wildman–Crippen MR) is 97.2 cm³/mol. The predicted octanol–water partition coefficient (Wildman–Crippen LogP) is 2.45. The first-order chi connectivity index (χ1) is 11.7. The van der Waals surface area contributed by atoms with E-state index in [0.29, 0.717) is 10.9 Å². The van der Waals surface area contributed by atoms with E-state index < -0.39 is 0 Å². The number of amides is 1. The monoisotopic (exact) mass is 343 g/mol. The van der Waals surface area contributed by atoms with Crippen LogP contribution in [-0.2, 0) is 4.79 Å². The molecule has 1 atom stereocenters. The number of thioether (sulfide) groups is 1. The first-order valence-electron chi connectivity index (χ1n) is 8.38. The van der Waals surface area contributed by atoms with E-state index in [4.69, 9.17) is 4.74 Å². The van der Waals surface area contributed by atoms with Crippen LogP contribution in [0.25, 0.3) is 6.08 Å². The van der Waals surface area contributed by atoms with Gasteiger partial charge in [0.2, 0.25) is 0 Å². The number of benzene rings is 1. The highest BCUT2D eigenvalue weighted by atomic mass is 32.2. The Morgan fingerprint density at radius 3 is 2.88 bits per heavy atom. The lowest BCUT2D eigenvalue weighted by molar-refractivity contribution is -0.113. The molecular formula is C18H21N3O2S. The highest BCUT2D eigenvalue weighted by molar-refractivity contribution is 8.18. The number of rotatable bonds is 2. The molecule has 0 N–H and O–H groups in total. The summed E-state index contributed by atoms with van der Waals surface area (Å²) in [5.74, 6) is 0.689. The summed E-state index contributed by atoms with van der Waals surface area (Å²) in [6, 6.07) is 8.34. The topological polar surface area (TPSA) is 45.1 Å². The number of methoxy groups -OCH3 is 1. The van der Waals surface area contributed by atoms with E-state index in [0.717, 1.165) is 36.1 Å². The van der Waals surface area contributed by atoms with Crippen molar-refractivity contribution in [1.82, 2.24) is 9.80 Å². The number of piperazine rings is 1. The Balaban J connectivity index is 1.45. The molecule has 2 fully saturated rings. The van der Waals surface area contributed by atoms with Crippen molar-refractivity contribution in [3.05, 3.63) is 34.7 Å². The fraction of sp³-hybridized carbons (Fsp3) is 0.444. The minimum atomic E-state index is -0.125. The number of aliphatic imine (C=N–C) groups is 1. The van der Waals surface area contributed by atoms with Gasteiger partial charge < -0.3 is 9.64 Å². The van der Waals surface area contributed by atoms with Gasteiger partial charge in [0.15, 0.2) is 5.17 Å². The fourth-order valence-electron chi connectivity index (χ4n) is 3.55. The van der Waals surface area contributed by atoms with Gasteiger partial charge in [0.05, 0.1) is 12.0 Å². The van der Waals surface area contributed by atoms with Gasteiger partial charge in [-0.3, -0.25) is 9.69 Å². The van der Waals surface area contributed by atoms with E-state index >= 15 is 0 Å². The molecule has 0 aliphatic carbocycles. The highest BCUT2D eigenvalue weighted by Crippen LogP contribution is 2.32. The summed E-state index contributed by atoms with van der Waals surface area (Å²) in [4.78, 5) is 22.1. The van der Waals surface area contributed by atoms with Crippen LogP contribution in [0.3, 0.4) is 0 Å². The molecule has 24 heavy (non-hydrogen) atoms. The lowest BCUT2D eigenvalue weighted by atomic mass is 10.2. The number of ether oxygens (including phenoxy) is 1. The molecule has 1 unspecified atom stereocenters. The van der Waals surface area contributed by atoms with Crippen LogP contribution in [0.2, 0.25) is 0 Å². The molecule has 126 valence electrons. The van der Waals surface area contributed by atoms with Gasteiger partial charge >= 0.3 is 0 Å². The summed E-state index contributed by atoms with van der Waals surface area (Å²) >= 11 is 1.50. The number of hydrogen-bond donors (Lipinski definition) is 0. The number of nitrogens with zero attached hydrogens (tertiary/aromatic N) is 3. The molecule has 0 radical (unpaired) electrons. The van der Waals surface area contributed by atoms with E-state index in [1.165, 1.54) is 31.1 Å². The van der Waals surface area contributed by atoms with E-state index in [1.54, 1.807) is 7.11 Å². The Bertz CT molecular complexity index is 699. The molecule has 1 amide bonds. The van der Waals surface area contributed by atoms with Crippen molar-refractivity contribution in [2.45, 2.75) is 18.9 Å². The van der Waals surface area contributed by atoms with Crippen LogP contribution in [0, 0.1) is 0 Å². The highest BCUT2D eigenvalue weighted by Gasteiger charge is 2.34. The molecular weight excluding hydrogens is 322 g/mol. The fourth-order valence-corrected chi connectivity index (χ4v) is 4.50. The molecule has 3 aliphatic rings. The van der Waals surface area contributed by atoms with Gasteiger partial charge in [-0.25, -0.2) is 0 Å². The van der Waals surface area contributed by atoms with Crippen molar-refractivity contribution >= 4 is 28.9 Å². The quantitative estimate of drug-likeness (QED) is 0.772. The SMILES string of the molecule is COc1ccc(C=C2SC(N3CCN4CCCC4C3)=NC2=O)cc1. The van der Waals surface area contributed by atoms with Crippen LogP contribution in [-0.4, -0.2) is 60.2 Å². The molecule has 3 aliphatic heterocycles. The maximum absolute atomic E-state index is 12.2. The zero-order valence-electron chi connectivity index (χ0n) is 13.8. The molecule has 6 heteroatoms. The smallest absolute Gasteiger partial charge is 0.286 e. The standard InChI is InChI=1S/C18H21N3O2S/c1-23-15-6-4-13(5-7-15)11-16-17(22)19-18(24-16)21-10-9-20-8-2-3-14(20)12-21/h4-7,11,14H,2-3,8-10,12H2,1H3. The van der Waals surface area contributed by atoms with Crippen LogP contribution in [0.15, 0.2) is 34.2 Å². The molecule has 0 spiro atoms. The molecule has 0 bridgehead atoms. The average molecular weight is 343 g/mol. The van der Waals surface area contributed by atoms with Gasteiger partial charge in [-0.05, 0) is 54.9 Å². The zero-order valence-corrected chi connectivity index (χ0v) is 14.6. The van der Waals surface area contributed by atoms with Crippen LogP contribution in [0.4, 0.5) is 0 Å². The van der Waals surface area contributed by atoms with Crippen LogP contribution < -0.4 is 4.74 Å². The Morgan fingerprint density at radius 1 is 1.25 bits per heavy atom. The number of fused-ring (bicyclic) bond motifs is 1.